The molecule has 2 rings (SSSR count). The molecule has 0 aromatic heterocycles. The molecule has 2 heteroatoms. The fourth-order valence-electron chi connectivity index (χ4n) is 2.07. The van der Waals surface area contributed by atoms with E-state index < -0.39 is 0 Å². The molecule has 0 radical (unpaired) electrons. The fraction of sp³-hybridized carbons (Fsp3) is 0.188. The number of ether oxygens (including phenoxy) is 1. The molecule has 0 atom stereocenters. The van der Waals surface area contributed by atoms with E-state index in [1.165, 1.54) is 0 Å². The highest BCUT2D eigenvalue weighted by Gasteiger charge is 2.15. The summed E-state index contributed by atoms with van der Waals surface area (Å²) in [7, 11) is 1.59. The van der Waals surface area contributed by atoms with Crippen molar-refractivity contribution in [3.05, 3.63) is 54.6 Å². The molecule has 2 nitrogen and oxygen atoms in total. The molecule has 92 valence electrons. The monoisotopic (exact) mass is 240 g/mol. The predicted molar refractivity (Wildman–Crippen MR) is 74.3 cm³/mol. The van der Waals surface area contributed by atoms with Gasteiger partial charge in [0.05, 0.1) is 12.7 Å². The van der Waals surface area contributed by atoms with Crippen LogP contribution in [0.1, 0.15) is 23.2 Å². The van der Waals surface area contributed by atoms with E-state index in [1.54, 1.807) is 13.2 Å². The van der Waals surface area contributed by atoms with Crippen molar-refractivity contribution in [2.24, 2.45) is 0 Å². The highest BCUT2D eigenvalue weighted by Crippen LogP contribution is 2.29. The number of hydrogen-bond donors (Lipinski definition) is 0. The maximum atomic E-state index is 12.3. The van der Waals surface area contributed by atoms with Gasteiger partial charge in [-0.15, -0.1) is 6.58 Å². The molecule has 0 fully saturated rings. The van der Waals surface area contributed by atoms with Gasteiger partial charge in [0.1, 0.15) is 5.75 Å². The second kappa shape index (κ2) is 5.50. The average Bonchev–Trinajstić information content (AvgIpc) is 2.43. The van der Waals surface area contributed by atoms with Crippen LogP contribution in [0.2, 0.25) is 0 Å². The number of Topliss-reactive ketones (excluding diaryl/α,β-unsaturated/α-hetero) is 1. The molecule has 0 unspecified atom stereocenters. The minimum absolute atomic E-state index is 0.101. The molecule has 0 spiro atoms. The first-order chi connectivity index (χ1) is 8.77. The van der Waals surface area contributed by atoms with Crippen LogP contribution in [0, 0.1) is 0 Å². The first-order valence-corrected chi connectivity index (χ1v) is 5.97. The van der Waals surface area contributed by atoms with Crippen molar-refractivity contribution in [1.29, 1.82) is 0 Å². The van der Waals surface area contributed by atoms with E-state index in [9.17, 15) is 4.79 Å². The van der Waals surface area contributed by atoms with Gasteiger partial charge in [-0.1, -0.05) is 36.4 Å². The molecule has 0 aliphatic rings. The molecular weight excluding hydrogens is 224 g/mol. The molecule has 18 heavy (non-hydrogen) atoms. The van der Waals surface area contributed by atoms with Crippen LogP contribution in [0.4, 0.5) is 0 Å². The Balaban J connectivity index is 2.57. The maximum Gasteiger partial charge on any atom is 0.167 e. The third-order valence-electron chi connectivity index (χ3n) is 2.97. The summed E-state index contributed by atoms with van der Waals surface area (Å²) < 4.78 is 5.31. The second-order valence-electron chi connectivity index (χ2n) is 4.11. The topological polar surface area (TPSA) is 26.3 Å². The number of ketones is 1. The Morgan fingerprint density at radius 2 is 2.06 bits per heavy atom. The van der Waals surface area contributed by atoms with E-state index in [-0.39, 0.29) is 5.78 Å². The van der Waals surface area contributed by atoms with Gasteiger partial charge in [-0.25, -0.2) is 0 Å². The Bertz CT molecular complexity index is 585. The lowest BCUT2D eigenvalue weighted by Gasteiger charge is -2.10. The van der Waals surface area contributed by atoms with Crippen LogP contribution in [-0.2, 0) is 0 Å². The molecule has 0 bridgehead atoms. The molecule has 0 heterocycles. The van der Waals surface area contributed by atoms with Gasteiger partial charge in [0.15, 0.2) is 5.78 Å². The van der Waals surface area contributed by atoms with Gasteiger partial charge >= 0.3 is 0 Å². The first kappa shape index (κ1) is 12.4. The van der Waals surface area contributed by atoms with Crippen molar-refractivity contribution < 1.29 is 9.53 Å². The van der Waals surface area contributed by atoms with E-state index in [0.29, 0.717) is 24.2 Å². The first-order valence-electron chi connectivity index (χ1n) is 5.97. The predicted octanol–water partition coefficient (Wildman–Crippen LogP) is 4.00. The van der Waals surface area contributed by atoms with Crippen LogP contribution in [0.3, 0.4) is 0 Å². The van der Waals surface area contributed by atoms with Gasteiger partial charge in [-0.05, 0) is 23.3 Å². The van der Waals surface area contributed by atoms with Crippen LogP contribution in [0.25, 0.3) is 10.8 Å². The zero-order valence-corrected chi connectivity index (χ0v) is 10.5. The van der Waals surface area contributed by atoms with Gasteiger partial charge < -0.3 is 4.74 Å². The Labute approximate surface area is 107 Å². The smallest absolute Gasteiger partial charge is 0.167 e. The summed E-state index contributed by atoms with van der Waals surface area (Å²) in [6.07, 6.45) is 2.91. The van der Waals surface area contributed by atoms with Crippen LogP contribution in [0.5, 0.6) is 5.75 Å². The van der Waals surface area contributed by atoms with Crippen molar-refractivity contribution >= 4 is 16.6 Å². The normalized spacial score (nSPS) is 10.3. The molecule has 2 aromatic carbocycles. The van der Waals surface area contributed by atoms with E-state index in [2.05, 4.69) is 6.58 Å². The lowest BCUT2D eigenvalue weighted by molar-refractivity contribution is 0.0982. The van der Waals surface area contributed by atoms with E-state index in [4.69, 9.17) is 4.74 Å². The van der Waals surface area contributed by atoms with E-state index in [0.717, 1.165) is 10.8 Å². The summed E-state index contributed by atoms with van der Waals surface area (Å²) in [6.45, 7) is 3.65. The molecule has 0 N–H and O–H groups in total. The molecule has 0 aliphatic carbocycles. The zero-order valence-electron chi connectivity index (χ0n) is 10.5. The number of hydrogen-bond acceptors (Lipinski definition) is 2. The largest absolute Gasteiger partial charge is 0.496 e. The average molecular weight is 240 g/mol. The molecule has 0 saturated carbocycles. The summed E-state index contributed by atoms with van der Waals surface area (Å²) in [5.41, 5.74) is 0.678. The number of rotatable bonds is 5. The highest BCUT2D eigenvalue weighted by atomic mass is 16.5. The molecule has 0 amide bonds. The molecule has 0 aliphatic heterocycles. The zero-order chi connectivity index (χ0) is 13.0. The lowest BCUT2D eigenvalue weighted by Crippen LogP contribution is -2.03. The number of carbonyl (C=O) groups excluding carboxylic acids is 1. The van der Waals surface area contributed by atoms with Gasteiger partial charge in [0.25, 0.3) is 0 Å². The Hall–Kier alpha value is -2.09. The second-order valence-corrected chi connectivity index (χ2v) is 4.11. The van der Waals surface area contributed by atoms with Gasteiger partial charge in [0.2, 0.25) is 0 Å². The van der Waals surface area contributed by atoms with Crippen LogP contribution in [0.15, 0.2) is 49.1 Å². The van der Waals surface area contributed by atoms with Gasteiger partial charge in [0, 0.05) is 6.42 Å². The van der Waals surface area contributed by atoms with Crippen molar-refractivity contribution in [1.82, 2.24) is 0 Å². The Morgan fingerprint density at radius 3 is 2.78 bits per heavy atom. The minimum Gasteiger partial charge on any atom is -0.496 e. The summed E-state index contributed by atoms with van der Waals surface area (Å²) in [5, 5.41) is 2.01. The van der Waals surface area contributed by atoms with Crippen LogP contribution < -0.4 is 4.74 Å². The van der Waals surface area contributed by atoms with Crippen molar-refractivity contribution in [2.45, 2.75) is 12.8 Å². The molecule has 0 saturated heterocycles. The SMILES string of the molecule is C=CCCC(=O)c1c(OC)ccc2ccccc12. The van der Waals surface area contributed by atoms with E-state index in [1.807, 2.05) is 36.4 Å². The van der Waals surface area contributed by atoms with Gasteiger partial charge in [-0.3, -0.25) is 4.79 Å². The molecule has 2 aromatic rings. The van der Waals surface area contributed by atoms with Crippen molar-refractivity contribution in [3.63, 3.8) is 0 Å². The Morgan fingerprint density at radius 1 is 1.28 bits per heavy atom. The Kier molecular flexibility index (Phi) is 3.78. The van der Waals surface area contributed by atoms with E-state index >= 15 is 0 Å². The maximum absolute atomic E-state index is 12.3. The van der Waals surface area contributed by atoms with Crippen molar-refractivity contribution in [2.75, 3.05) is 7.11 Å². The fourth-order valence-corrected chi connectivity index (χ4v) is 2.07. The summed E-state index contributed by atoms with van der Waals surface area (Å²) in [4.78, 5) is 12.3. The highest BCUT2D eigenvalue weighted by molar-refractivity contribution is 6.10. The lowest BCUT2D eigenvalue weighted by atomic mass is 9.98. The number of fused-ring (bicyclic) bond motifs is 1. The summed E-state index contributed by atoms with van der Waals surface area (Å²) in [6, 6.07) is 11.7. The van der Waals surface area contributed by atoms with Crippen molar-refractivity contribution in [3.8, 4) is 5.75 Å². The van der Waals surface area contributed by atoms with Crippen LogP contribution >= 0.6 is 0 Å². The standard InChI is InChI=1S/C16H16O2/c1-3-4-9-14(17)16-13-8-6-5-7-12(13)10-11-15(16)18-2/h3,5-8,10-11H,1,4,9H2,2H3. The third-order valence-corrected chi connectivity index (χ3v) is 2.97. The summed E-state index contributed by atoms with van der Waals surface area (Å²) >= 11 is 0. The number of carbonyl (C=O) groups is 1. The van der Waals surface area contributed by atoms with Crippen LogP contribution in [-0.4, -0.2) is 12.9 Å². The summed E-state index contributed by atoms with van der Waals surface area (Å²) in [5.74, 6) is 0.742. The quantitative estimate of drug-likeness (QED) is 0.583. The van der Waals surface area contributed by atoms with Gasteiger partial charge in [-0.2, -0.15) is 0 Å². The number of methoxy groups -OCH3 is 1. The minimum atomic E-state index is 0.101. The number of benzene rings is 2. The number of allylic oxidation sites excluding steroid dienone is 1. The third kappa shape index (κ3) is 2.28. The molecular formula is C16H16O2.